The van der Waals surface area contributed by atoms with Crippen LogP contribution in [0, 0.1) is 6.92 Å². The van der Waals surface area contributed by atoms with Gasteiger partial charge in [0.1, 0.15) is 17.4 Å². The van der Waals surface area contributed by atoms with E-state index in [-0.39, 0.29) is 6.61 Å². The third-order valence-corrected chi connectivity index (χ3v) is 7.00. The zero-order valence-electron chi connectivity index (χ0n) is 17.0. The highest BCUT2D eigenvalue weighted by Crippen LogP contribution is 2.30. The Morgan fingerprint density at radius 3 is 2.77 bits per heavy atom. The van der Waals surface area contributed by atoms with Crippen molar-refractivity contribution in [3.05, 3.63) is 75.0 Å². The Morgan fingerprint density at radius 1 is 1.13 bits per heavy atom. The molecule has 2 aromatic heterocycles. The van der Waals surface area contributed by atoms with Gasteiger partial charge in [-0.1, -0.05) is 58.7 Å². The number of hydrogen-bond donors (Lipinski definition) is 0. The molecule has 4 aromatic rings. The molecule has 4 rings (SSSR count). The average Bonchev–Trinajstić information content (AvgIpc) is 3.38. The van der Waals surface area contributed by atoms with Crippen molar-refractivity contribution in [3.63, 3.8) is 0 Å². The third-order valence-electron chi connectivity index (χ3n) is 4.53. The smallest absolute Gasteiger partial charge is 0.191 e. The highest BCUT2D eigenvalue weighted by atomic mass is 35.5. The Morgan fingerprint density at radius 2 is 2.00 bits per heavy atom. The molecule has 0 atom stereocenters. The molecule has 0 amide bonds. The van der Waals surface area contributed by atoms with Crippen molar-refractivity contribution in [2.75, 3.05) is 0 Å². The van der Waals surface area contributed by atoms with Crippen LogP contribution in [0.3, 0.4) is 0 Å². The van der Waals surface area contributed by atoms with Crippen molar-refractivity contribution in [1.82, 2.24) is 19.7 Å². The van der Waals surface area contributed by atoms with Gasteiger partial charge >= 0.3 is 0 Å². The number of nitrogens with zero attached hydrogens (tertiary/aromatic N) is 4. The van der Waals surface area contributed by atoms with E-state index in [1.807, 2.05) is 4.57 Å². The van der Waals surface area contributed by atoms with Gasteiger partial charge in [0.05, 0.1) is 10.7 Å². The van der Waals surface area contributed by atoms with E-state index in [2.05, 4.69) is 53.7 Å². The normalized spacial score (nSPS) is 11.1. The summed E-state index contributed by atoms with van der Waals surface area (Å²) in [7, 11) is 0. The lowest BCUT2D eigenvalue weighted by Gasteiger charge is -2.10. The van der Waals surface area contributed by atoms with Crippen LogP contribution in [-0.4, -0.2) is 19.7 Å². The molecule has 31 heavy (non-hydrogen) atoms. The van der Waals surface area contributed by atoms with Gasteiger partial charge in [-0.15, -0.1) is 21.5 Å². The topological polar surface area (TPSA) is 52.8 Å². The standard InChI is InChI=1S/C22H20Cl2N4OS2/c1-3-28-20(11-29-19-8-7-16(23)10-18(19)24)26-27-22(28)31-13-17-12-30-21(25-17)15-6-4-5-14(2)9-15/h4-10,12H,3,11,13H2,1-2H3. The predicted octanol–water partition coefficient (Wildman–Crippen LogP) is 6.91. The average molecular weight is 491 g/mol. The van der Waals surface area contributed by atoms with Crippen LogP contribution >= 0.6 is 46.3 Å². The maximum absolute atomic E-state index is 6.18. The van der Waals surface area contributed by atoms with Crippen molar-refractivity contribution in [3.8, 4) is 16.3 Å². The fourth-order valence-electron chi connectivity index (χ4n) is 3.01. The second kappa shape index (κ2) is 10.0. The Labute approximate surface area is 199 Å². The molecule has 2 aromatic carbocycles. The number of thioether (sulfide) groups is 1. The summed E-state index contributed by atoms with van der Waals surface area (Å²) >= 11 is 15.4. The highest BCUT2D eigenvalue weighted by molar-refractivity contribution is 7.98. The Kier molecular flexibility index (Phi) is 7.17. The number of rotatable bonds is 8. The van der Waals surface area contributed by atoms with Gasteiger partial charge in [-0.05, 0) is 38.1 Å². The second-order valence-corrected chi connectivity index (χ2v) is 9.45. The van der Waals surface area contributed by atoms with E-state index in [0.717, 1.165) is 39.5 Å². The SMILES string of the molecule is CCn1c(COc2ccc(Cl)cc2Cl)nnc1SCc1csc(-c2cccc(C)c2)n1. The van der Waals surface area contributed by atoms with E-state index in [4.69, 9.17) is 32.9 Å². The molecule has 0 unspecified atom stereocenters. The van der Waals surface area contributed by atoms with E-state index < -0.39 is 0 Å². The molecule has 0 saturated heterocycles. The minimum atomic E-state index is 0.275. The van der Waals surface area contributed by atoms with E-state index in [0.29, 0.717) is 15.8 Å². The third kappa shape index (κ3) is 5.41. The van der Waals surface area contributed by atoms with Crippen LogP contribution < -0.4 is 4.74 Å². The Hall–Kier alpha value is -2.06. The van der Waals surface area contributed by atoms with E-state index in [9.17, 15) is 0 Å². The van der Waals surface area contributed by atoms with Crippen molar-refractivity contribution < 1.29 is 4.74 Å². The fraction of sp³-hybridized carbons (Fsp3) is 0.227. The van der Waals surface area contributed by atoms with Crippen LogP contribution in [-0.2, 0) is 18.9 Å². The van der Waals surface area contributed by atoms with Gasteiger partial charge in [0.2, 0.25) is 0 Å². The summed E-state index contributed by atoms with van der Waals surface area (Å²) in [6.07, 6.45) is 0. The first-order valence-corrected chi connectivity index (χ1v) is 12.3. The number of benzene rings is 2. The van der Waals surface area contributed by atoms with Gasteiger partial charge in [-0.2, -0.15) is 0 Å². The van der Waals surface area contributed by atoms with E-state index >= 15 is 0 Å². The summed E-state index contributed by atoms with van der Waals surface area (Å²) in [6, 6.07) is 13.6. The van der Waals surface area contributed by atoms with Crippen LogP contribution in [0.2, 0.25) is 10.0 Å². The zero-order valence-corrected chi connectivity index (χ0v) is 20.2. The second-order valence-electron chi connectivity index (χ2n) is 6.81. The number of hydrogen-bond acceptors (Lipinski definition) is 6. The number of ether oxygens (including phenoxy) is 1. The molecule has 0 saturated carbocycles. The number of thiazole rings is 1. The lowest BCUT2D eigenvalue weighted by Crippen LogP contribution is -2.07. The Bertz CT molecular complexity index is 1190. The largest absolute Gasteiger partial charge is 0.484 e. The van der Waals surface area contributed by atoms with Crippen molar-refractivity contribution in [1.29, 1.82) is 0 Å². The quantitative estimate of drug-likeness (QED) is 0.251. The molecule has 0 spiro atoms. The van der Waals surface area contributed by atoms with Crippen molar-refractivity contribution in [2.24, 2.45) is 0 Å². The Balaban J connectivity index is 1.41. The molecule has 9 heteroatoms. The molecule has 0 radical (unpaired) electrons. The molecule has 0 bridgehead atoms. The molecule has 0 aliphatic rings. The predicted molar refractivity (Wildman–Crippen MR) is 128 cm³/mol. The van der Waals surface area contributed by atoms with E-state index in [1.165, 1.54) is 5.56 Å². The molecule has 0 aliphatic heterocycles. The zero-order chi connectivity index (χ0) is 21.8. The number of aromatic nitrogens is 4. The van der Waals surface area contributed by atoms with Gasteiger partial charge < -0.3 is 9.30 Å². The number of halogens is 2. The van der Waals surface area contributed by atoms with Crippen LogP contribution in [0.4, 0.5) is 0 Å². The first-order chi connectivity index (χ1) is 15.0. The van der Waals surface area contributed by atoms with E-state index in [1.54, 1.807) is 41.3 Å². The molecule has 0 N–H and O–H groups in total. The van der Waals surface area contributed by atoms with Gasteiger partial charge in [-0.3, -0.25) is 0 Å². The fourth-order valence-corrected chi connectivity index (χ4v) is 5.31. The molecular weight excluding hydrogens is 471 g/mol. The van der Waals surface area contributed by atoms with Gasteiger partial charge in [0.25, 0.3) is 0 Å². The first-order valence-electron chi connectivity index (χ1n) is 9.67. The molecular formula is C22H20Cl2N4OS2. The maximum atomic E-state index is 6.18. The first kappa shape index (κ1) is 22.1. The lowest BCUT2D eigenvalue weighted by molar-refractivity contribution is 0.288. The lowest BCUT2D eigenvalue weighted by atomic mass is 10.1. The summed E-state index contributed by atoms with van der Waals surface area (Å²) in [5.74, 6) is 2.04. The summed E-state index contributed by atoms with van der Waals surface area (Å²) in [4.78, 5) is 4.78. The highest BCUT2D eigenvalue weighted by Gasteiger charge is 2.14. The van der Waals surface area contributed by atoms with Gasteiger partial charge in [0.15, 0.2) is 11.0 Å². The van der Waals surface area contributed by atoms with Crippen molar-refractivity contribution >= 4 is 46.3 Å². The van der Waals surface area contributed by atoms with Crippen LogP contribution in [0.1, 0.15) is 24.0 Å². The summed E-state index contributed by atoms with van der Waals surface area (Å²) < 4.78 is 7.87. The number of aryl methyl sites for hydroxylation is 1. The molecule has 0 aliphatic carbocycles. The van der Waals surface area contributed by atoms with Gasteiger partial charge in [0, 0.05) is 28.3 Å². The molecule has 2 heterocycles. The van der Waals surface area contributed by atoms with Crippen LogP contribution in [0.5, 0.6) is 5.75 Å². The molecule has 0 fully saturated rings. The minimum Gasteiger partial charge on any atom is -0.484 e. The van der Waals surface area contributed by atoms with Crippen LogP contribution in [0.25, 0.3) is 10.6 Å². The molecule has 160 valence electrons. The summed E-state index contributed by atoms with van der Waals surface area (Å²) in [5.41, 5.74) is 3.41. The maximum Gasteiger partial charge on any atom is 0.191 e. The minimum absolute atomic E-state index is 0.275. The summed E-state index contributed by atoms with van der Waals surface area (Å²) in [5, 5.41) is 13.7. The van der Waals surface area contributed by atoms with Crippen LogP contribution in [0.15, 0.2) is 53.0 Å². The van der Waals surface area contributed by atoms with Crippen molar-refractivity contribution in [2.45, 2.75) is 37.9 Å². The summed E-state index contributed by atoms with van der Waals surface area (Å²) in [6.45, 7) is 5.17. The molecule has 5 nitrogen and oxygen atoms in total. The monoisotopic (exact) mass is 490 g/mol. The van der Waals surface area contributed by atoms with Gasteiger partial charge in [-0.25, -0.2) is 4.98 Å².